The van der Waals surface area contributed by atoms with Crippen LogP contribution in [0.5, 0.6) is 5.75 Å². The van der Waals surface area contributed by atoms with E-state index in [1.54, 1.807) is 0 Å². The first-order chi connectivity index (χ1) is 9.94. The summed E-state index contributed by atoms with van der Waals surface area (Å²) in [6, 6.07) is 8.41. The van der Waals surface area contributed by atoms with Gasteiger partial charge in [0.05, 0.1) is 23.3 Å². The van der Waals surface area contributed by atoms with Gasteiger partial charge in [0.2, 0.25) is 0 Å². The highest BCUT2D eigenvalue weighted by Gasteiger charge is 2.31. The van der Waals surface area contributed by atoms with Crippen LogP contribution in [0.15, 0.2) is 30.5 Å². The molecule has 1 fully saturated rings. The van der Waals surface area contributed by atoms with Gasteiger partial charge in [-0.05, 0) is 58.7 Å². The summed E-state index contributed by atoms with van der Waals surface area (Å²) >= 11 is 0. The van der Waals surface area contributed by atoms with Gasteiger partial charge in [-0.25, -0.2) is 0 Å². The zero-order chi connectivity index (χ0) is 15.0. The maximum Gasteiger partial charge on any atom is 0.129 e. The number of ether oxygens (including phenoxy) is 2. The van der Waals surface area contributed by atoms with Crippen LogP contribution < -0.4 is 4.74 Å². The molecule has 0 N–H and O–H groups in total. The third-order valence-corrected chi connectivity index (χ3v) is 4.09. The second-order valence-electron chi connectivity index (χ2n) is 6.86. The summed E-state index contributed by atoms with van der Waals surface area (Å²) in [6.07, 6.45) is 4.92. The van der Waals surface area contributed by atoms with Crippen LogP contribution in [0.2, 0.25) is 0 Å². The highest BCUT2D eigenvalue weighted by Crippen LogP contribution is 2.32. The average Bonchev–Trinajstić information content (AvgIpc) is 2.94. The Balaban J connectivity index is 1.84. The summed E-state index contributed by atoms with van der Waals surface area (Å²) in [5.74, 6) is 0.967. The number of benzene rings is 1. The first-order valence-corrected chi connectivity index (χ1v) is 7.87. The van der Waals surface area contributed by atoms with Crippen molar-refractivity contribution in [2.45, 2.75) is 64.9 Å². The van der Waals surface area contributed by atoms with Crippen molar-refractivity contribution in [1.82, 2.24) is 4.57 Å². The normalized spacial score (nSPS) is 21.3. The zero-order valence-electron chi connectivity index (χ0n) is 13.4. The van der Waals surface area contributed by atoms with Crippen LogP contribution >= 0.6 is 0 Å². The van der Waals surface area contributed by atoms with E-state index in [2.05, 4.69) is 56.7 Å². The molecule has 1 saturated heterocycles. The van der Waals surface area contributed by atoms with Gasteiger partial charge in [0.1, 0.15) is 5.75 Å². The minimum atomic E-state index is 0.0273. The molecule has 0 spiro atoms. The van der Waals surface area contributed by atoms with Crippen molar-refractivity contribution in [3.8, 4) is 5.75 Å². The molecule has 1 atom stereocenters. The second kappa shape index (κ2) is 5.38. The first-order valence-electron chi connectivity index (χ1n) is 7.87. The molecular formula is C18H25NO2. The van der Waals surface area contributed by atoms with Gasteiger partial charge in [-0.15, -0.1) is 0 Å². The topological polar surface area (TPSA) is 23.4 Å². The lowest BCUT2D eigenvalue weighted by atomic mass is 10.1. The number of rotatable bonds is 4. The van der Waals surface area contributed by atoms with Crippen LogP contribution in [0.25, 0.3) is 10.9 Å². The van der Waals surface area contributed by atoms with Crippen LogP contribution in [0.4, 0.5) is 0 Å². The van der Waals surface area contributed by atoms with Crippen molar-refractivity contribution in [1.29, 1.82) is 0 Å². The van der Waals surface area contributed by atoms with Crippen LogP contribution in [0, 0.1) is 0 Å². The minimum absolute atomic E-state index is 0.0273. The number of hydrogen-bond donors (Lipinski definition) is 0. The Labute approximate surface area is 126 Å². The van der Waals surface area contributed by atoms with E-state index in [1.165, 1.54) is 10.9 Å². The van der Waals surface area contributed by atoms with Gasteiger partial charge in [-0.2, -0.15) is 0 Å². The van der Waals surface area contributed by atoms with Gasteiger partial charge in [0.15, 0.2) is 0 Å². The molecule has 3 nitrogen and oxygen atoms in total. The van der Waals surface area contributed by atoms with Crippen LogP contribution in [-0.2, 0) is 11.3 Å². The molecular weight excluding hydrogens is 262 g/mol. The van der Waals surface area contributed by atoms with Crippen LogP contribution in [-0.4, -0.2) is 22.4 Å². The second-order valence-corrected chi connectivity index (χ2v) is 6.86. The standard InChI is InChI=1S/C18H25NO2/c1-13(2)20-17-7-5-6-16-15(17)9-11-19(16)12-14-8-10-18(3,4)21-14/h5-7,9,11,13-14H,8,10,12H2,1-4H3. The van der Waals surface area contributed by atoms with Gasteiger partial charge in [-0.3, -0.25) is 0 Å². The van der Waals surface area contributed by atoms with Crippen molar-refractivity contribution < 1.29 is 9.47 Å². The molecule has 1 aromatic carbocycles. The van der Waals surface area contributed by atoms with Gasteiger partial charge in [-0.1, -0.05) is 6.07 Å². The quantitative estimate of drug-likeness (QED) is 0.832. The molecule has 0 aliphatic carbocycles. The van der Waals surface area contributed by atoms with Crippen molar-refractivity contribution in [3.63, 3.8) is 0 Å². The van der Waals surface area contributed by atoms with Gasteiger partial charge >= 0.3 is 0 Å². The fourth-order valence-corrected chi connectivity index (χ4v) is 3.14. The Hall–Kier alpha value is -1.48. The Kier molecular flexibility index (Phi) is 3.70. The van der Waals surface area contributed by atoms with E-state index in [-0.39, 0.29) is 11.7 Å². The lowest BCUT2D eigenvalue weighted by molar-refractivity contribution is -0.0212. The first kappa shape index (κ1) is 14.5. The van der Waals surface area contributed by atoms with Gasteiger partial charge < -0.3 is 14.0 Å². The SMILES string of the molecule is CC(C)Oc1cccc2c1ccn2CC1CCC(C)(C)O1. The summed E-state index contributed by atoms with van der Waals surface area (Å²) in [4.78, 5) is 0. The highest BCUT2D eigenvalue weighted by molar-refractivity contribution is 5.86. The van der Waals surface area contributed by atoms with E-state index in [4.69, 9.17) is 9.47 Å². The molecule has 3 heteroatoms. The van der Waals surface area contributed by atoms with Gasteiger partial charge in [0, 0.05) is 18.1 Å². The molecule has 1 aliphatic rings. The molecule has 21 heavy (non-hydrogen) atoms. The van der Waals surface area contributed by atoms with E-state index in [0.717, 1.165) is 25.1 Å². The molecule has 114 valence electrons. The van der Waals surface area contributed by atoms with E-state index in [0.29, 0.717) is 6.10 Å². The van der Waals surface area contributed by atoms with E-state index in [9.17, 15) is 0 Å². The van der Waals surface area contributed by atoms with Crippen LogP contribution in [0.1, 0.15) is 40.5 Å². The molecule has 0 radical (unpaired) electrons. The predicted octanol–water partition coefficient (Wildman–Crippen LogP) is 4.39. The fourth-order valence-electron chi connectivity index (χ4n) is 3.14. The largest absolute Gasteiger partial charge is 0.490 e. The monoisotopic (exact) mass is 287 g/mol. The molecule has 0 amide bonds. The van der Waals surface area contributed by atoms with E-state index >= 15 is 0 Å². The molecule has 2 aromatic rings. The van der Waals surface area contributed by atoms with Crippen LogP contribution in [0.3, 0.4) is 0 Å². The van der Waals surface area contributed by atoms with E-state index in [1.807, 2.05) is 6.07 Å². The van der Waals surface area contributed by atoms with Crippen molar-refractivity contribution in [2.24, 2.45) is 0 Å². The molecule has 1 unspecified atom stereocenters. The van der Waals surface area contributed by atoms with E-state index < -0.39 is 0 Å². The third kappa shape index (κ3) is 3.08. The summed E-state index contributed by atoms with van der Waals surface area (Å²) < 4.78 is 14.3. The van der Waals surface area contributed by atoms with Crippen molar-refractivity contribution in [3.05, 3.63) is 30.5 Å². The maximum absolute atomic E-state index is 6.11. The smallest absolute Gasteiger partial charge is 0.129 e. The third-order valence-electron chi connectivity index (χ3n) is 4.09. The Morgan fingerprint density at radius 2 is 2.14 bits per heavy atom. The molecule has 0 saturated carbocycles. The minimum Gasteiger partial charge on any atom is -0.490 e. The highest BCUT2D eigenvalue weighted by atomic mass is 16.5. The van der Waals surface area contributed by atoms with Crippen molar-refractivity contribution in [2.75, 3.05) is 0 Å². The Morgan fingerprint density at radius 3 is 2.81 bits per heavy atom. The molecule has 2 heterocycles. The number of fused-ring (bicyclic) bond motifs is 1. The molecule has 0 bridgehead atoms. The number of aromatic nitrogens is 1. The molecule has 3 rings (SSSR count). The fraction of sp³-hybridized carbons (Fsp3) is 0.556. The summed E-state index contributed by atoms with van der Waals surface area (Å²) in [6.45, 7) is 9.39. The summed E-state index contributed by atoms with van der Waals surface area (Å²) in [5.41, 5.74) is 1.25. The number of nitrogens with zero attached hydrogens (tertiary/aromatic N) is 1. The Bertz CT molecular complexity index is 627. The lowest BCUT2D eigenvalue weighted by Gasteiger charge is -2.20. The average molecular weight is 287 g/mol. The van der Waals surface area contributed by atoms with Gasteiger partial charge in [0.25, 0.3) is 0 Å². The Morgan fingerprint density at radius 1 is 1.33 bits per heavy atom. The molecule has 1 aromatic heterocycles. The molecule has 1 aliphatic heterocycles. The number of hydrogen-bond acceptors (Lipinski definition) is 2. The summed E-state index contributed by atoms with van der Waals surface area (Å²) in [5, 5.41) is 1.18. The predicted molar refractivity (Wildman–Crippen MR) is 85.9 cm³/mol. The lowest BCUT2D eigenvalue weighted by Crippen LogP contribution is -2.22. The maximum atomic E-state index is 6.11. The van der Waals surface area contributed by atoms with Crippen molar-refractivity contribution >= 4 is 10.9 Å². The summed E-state index contributed by atoms with van der Waals surface area (Å²) in [7, 11) is 0. The zero-order valence-corrected chi connectivity index (χ0v) is 13.4.